The Balaban J connectivity index is 3.31. The number of rotatable bonds is 23. The average molecular weight is 454 g/mol. The molecule has 0 heterocycles. The molecular formula is C27H55N3S. The molecule has 2 N–H and O–H groups in total. The fourth-order valence-electron chi connectivity index (χ4n) is 3.97. The van der Waals surface area contributed by atoms with Crippen molar-refractivity contribution >= 4 is 23.5 Å². The molecule has 0 aromatic heterocycles. The summed E-state index contributed by atoms with van der Waals surface area (Å²) in [7, 11) is 0. The standard InChI is InChI=1S/C27H55N3S/c1-4-7-9-10-11-12-13-14-15-16-17-18-19-20-21-22-24-28-27(31)30-29-25-26(6-3)23-8-5-2/h25-26H,4-24H2,1-3H3,(H2,28,30,31)/b29-25+/t26-/m1/s1. The fourth-order valence-corrected chi connectivity index (χ4v) is 4.12. The van der Waals surface area contributed by atoms with Gasteiger partial charge in [0.05, 0.1) is 0 Å². The molecule has 0 amide bonds. The summed E-state index contributed by atoms with van der Waals surface area (Å²) in [5.74, 6) is 0.565. The first-order chi connectivity index (χ1) is 15.2. The third kappa shape index (κ3) is 23.8. The number of nitrogens with one attached hydrogen (secondary N) is 2. The van der Waals surface area contributed by atoms with Crippen molar-refractivity contribution in [2.24, 2.45) is 11.0 Å². The van der Waals surface area contributed by atoms with Crippen LogP contribution in [0.5, 0.6) is 0 Å². The van der Waals surface area contributed by atoms with Crippen molar-refractivity contribution < 1.29 is 0 Å². The lowest BCUT2D eigenvalue weighted by Crippen LogP contribution is -2.32. The minimum atomic E-state index is 0.565. The Bertz CT molecular complexity index is 398. The number of thiocarbonyl (C=S) groups is 1. The van der Waals surface area contributed by atoms with E-state index in [1.54, 1.807) is 0 Å². The Kier molecular flexibility index (Phi) is 25.1. The van der Waals surface area contributed by atoms with E-state index in [4.69, 9.17) is 12.2 Å². The van der Waals surface area contributed by atoms with Crippen molar-refractivity contribution in [1.82, 2.24) is 10.7 Å². The molecule has 4 heteroatoms. The van der Waals surface area contributed by atoms with Crippen LogP contribution in [0.15, 0.2) is 5.10 Å². The summed E-state index contributed by atoms with van der Waals surface area (Å²) in [5.41, 5.74) is 2.97. The van der Waals surface area contributed by atoms with Gasteiger partial charge < -0.3 is 5.32 Å². The van der Waals surface area contributed by atoms with Gasteiger partial charge in [-0.05, 0) is 37.4 Å². The van der Waals surface area contributed by atoms with Gasteiger partial charge in [0.2, 0.25) is 0 Å². The Hall–Kier alpha value is -0.640. The van der Waals surface area contributed by atoms with Gasteiger partial charge in [-0.2, -0.15) is 5.10 Å². The molecule has 0 fully saturated rings. The normalized spacial score (nSPS) is 12.4. The van der Waals surface area contributed by atoms with Crippen molar-refractivity contribution in [3.63, 3.8) is 0 Å². The molecular weight excluding hydrogens is 398 g/mol. The number of hydrogen-bond acceptors (Lipinski definition) is 2. The van der Waals surface area contributed by atoms with E-state index in [1.165, 1.54) is 122 Å². The topological polar surface area (TPSA) is 36.4 Å². The number of nitrogens with zero attached hydrogens (tertiary/aromatic N) is 1. The summed E-state index contributed by atoms with van der Waals surface area (Å²) in [6.45, 7) is 7.70. The van der Waals surface area contributed by atoms with Gasteiger partial charge >= 0.3 is 0 Å². The number of unbranched alkanes of at least 4 members (excludes halogenated alkanes) is 16. The molecule has 0 radical (unpaired) electrons. The zero-order chi connectivity index (χ0) is 22.8. The molecule has 0 aromatic rings. The van der Waals surface area contributed by atoms with E-state index < -0.39 is 0 Å². The SMILES string of the molecule is CCCCCCCCCCCCCCCCCCNC(=S)N/N=C/[C@H](CC)CCCC. The largest absolute Gasteiger partial charge is 0.361 e. The first-order valence-electron chi connectivity index (χ1n) is 13.8. The predicted octanol–water partition coefficient (Wildman–Crippen LogP) is 8.91. The average Bonchev–Trinajstić information content (AvgIpc) is 2.78. The quantitative estimate of drug-likeness (QED) is 0.0701. The lowest BCUT2D eigenvalue weighted by atomic mass is 10.0. The van der Waals surface area contributed by atoms with Gasteiger partial charge in [-0.25, -0.2) is 0 Å². The molecule has 0 rings (SSSR count). The van der Waals surface area contributed by atoms with Crippen LogP contribution in [-0.4, -0.2) is 17.9 Å². The van der Waals surface area contributed by atoms with E-state index in [0.29, 0.717) is 11.0 Å². The first-order valence-corrected chi connectivity index (χ1v) is 14.2. The van der Waals surface area contributed by atoms with Crippen LogP contribution in [0.2, 0.25) is 0 Å². The van der Waals surface area contributed by atoms with Gasteiger partial charge in [-0.1, -0.05) is 130 Å². The zero-order valence-electron chi connectivity index (χ0n) is 21.4. The minimum Gasteiger partial charge on any atom is -0.361 e. The highest BCUT2D eigenvalue weighted by atomic mass is 32.1. The maximum Gasteiger partial charge on any atom is 0.186 e. The summed E-state index contributed by atoms with van der Waals surface area (Å²) in [5, 5.41) is 8.24. The first kappa shape index (κ1) is 30.4. The molecule has 0 saturated heterocycles. The third-order valence-corrected chi connectivity index (χ3v) is 6.46. The van der Waals surface area contributed by atoms with Gasteiger partial charge in [0, 0.05) is 12.8 Å². The highest BCUT2D eigenvalue weighted by Crippen LogP contribution is 2.13. The van der Waals surface area contributed by atoms with E-state index in [2.05, 4.69) is 36.6 Å². The fraction of sp³-hybridized carbons (Fsp3) is 0.926. The van der Waals surface area contributed by atoms with Crippen molar-refractivity contribution in [2.45, 2.75) is 149 Å². The molecule has 184 valence electrons. The highest BCUT2D eigenvalue weighted by Gasteiger charge is 2.01. The highest BCUT2D eigenvalue weighted by molar-refractivity contribution is 7.80. The van der Waals surface area contributed by atoms with Crippen LogP contribution in [0.4, 0.5) is 0 Å². The minimum absolute atomic E-state index is 0.565. The zero-order valence-corrected chi connectivity index (χ0v) is 22.2. The second-order valence-electron chi connectivity index (χ2n) is 9.26. The van der Waals surface area contributed by atoms with Crippen LogP contribution in [0.25, 0.3) is 0 Å². The van der Waals surface area contributed by atoms with Crippen LogP contribution >= 0.6 is 12.2 Å². The van der Waals surface area contributed by atoms with Crippen LogP contribution in [0, 0.1) is 5.92 Å². The molecule has 0 aromatic carbocycles. The molecule has 0 saturated carbocycles. The molecule has 0 aliphatic rings. The van der Waals surface area contributed by atoms with Gasteiger partial charge in [0.15, 0.2) is 5.11 Å². The van der Waals surface area contributed by atoms with Gasteiger partial charge in [-0.15, -0.1) is 0 Å². The van der Waals surface area contributed by atoms with Gasteiger partial charge in [-0.3, -0.25) is 5.43 Å². The summed E-state index contributed by atoms with van der Waals surface area (Å²) in [6.07, 6.45) is 29.4. The maximum atomic E-state index is 5.30. The smallest absolute Gasteiger partial charge is 0.186 e. The second-order valence-corrected chi connectivity index (χ2v) is 9.67. The Morgan fingerprint density at radius 1 is 0.677 bits per heavy atom. The van der Waals surface area contributed by atoms with Crippen LogP contribution in [0.1, 0.15) is 149 Å². The molecule has 3 nitrogen and oxygen atoms in total. The summed E-state index contributed by atoms with van der Waals surface area (Å²) in [6, 6.07) is 0. The predicted molar refractivity (Wildman–Crippen MR) is 145 cm³/mol. The lowest BCUT2D eigenvalue weighted by Gasteiger charge is -2.09. The van der Waals surface area contributed by atoms with Crippen molar-refractivity contribution in [3.05, 3.63) is 0 Å². The summed E-state index contributed by atoms with van der Waals surface area (Å²) < 4.78 is 0. The lowest BCUT2D eigenvalue weighted by molar-refractivity contribution is 0.529. The van der Waals surface area contributed by atoms with Crippen molar-refractivity contribution in [1.29, 1.82) is 0 Å². The van der Waals surface area contributed by atoms with Gasteiger partial charge in [0.1, 0.15) is 0 Å². The second kappa shape index (κ2) is 25.6. The van der Waals surface area contributed by atoms with Crippen molar-refractivity contribution in [2.75, 3.05) is 6.54 Å². The van der Waals surface area contributed by atoms with E-state index >= 15 is 0 Å². The molecule has 0 unspecified atom stereocenters. The van der Waals surface area contributed by atoms with Crippen LogP contribution in [-0.2, 0) is 0 Å². The van der Waals surface area contributed by atoms with Crippen molar-refractivity contribution in [3.8, 4) is 0 Å². The molecule has 0 bridgehead atoms. The summed E-state index contributed by atoms with van der Waals surface area (Å²) in [4.78, 5) is 0. The van der Waals surface area contributed by atoms with Crippen LogP contribution in [0.3, 0.4) is 0 Å². The molecule has 0 aliphatic carbocycles. The monoisotopic (exact) mass is 453 g/mol. The summed E-state index contributed by atoms with van der Waals surface area (Å²) >= 11 is 5.30. The van der Waals surface area contributed by atoms with E-state index in [-0.39, 0.29) is 0 Å². The third-order valence-electron chi connectivity index (χ3n) is 6.22. The molecule has 0 spiro atoms. The van der Waals surface area contributed by atoms with E-state index in [1.807, 2.05) is 6.21 Å². The molecule has 1 atom stereocenters. The Morgan fingerprint density at radius 3 is 1.58 bits per heavy atom. The molecule has 0 aliphatic heterocycles. The number of hydrazone groups is 1. The Labute approximate surface area is 201 Å². The van der Waals surface area contributed by atoms with Crippen LogP contribution < -0.4 is 10.7 Å². The van der Waals surface area contributed by atoms with E-state index in [9.17, 15) is 0 Å². The maximum absolute atomic E-state index is 5.30. The van der Waals surface area contributed by atoms with E-state index in [0.717, 1.165) is 13.0 Å². The molecule has 31 heavy (non-hydrogen) atoms. The van der Waals surface area contributed by atoms with Gasteiger partial charge in [0.25, 0.3) is 0 Å². The number of hydrogen-bond donors (Lipinski definition) is 2. The Morgan fingerprint density at radius 2 is 1.13 bits per heavy atom.